The van der Waals surface area contributed by atoms with E-state index in [2.05, 4.69) is 0 Å². The van der Waals surface area contributed by atoms with Crippen molar-refractivity contribution in [3.05, 3.63) is 35.1 Å². The van der Waals surface area contributed by atoms with Gasteiger partial charge < -0.3 is 0 Å². The molecule has 0 radical (unpaired) electrons. The summed E-state index contributed by atoms with van der Waals surface area (Å²) in [6.07, 6.45) is 0.774. The lowest BCUT2D eigenvalue weighted by atomic mass is 9.92. The van der Waals surface area contributed by atoms with Crippen molar-refractivity contribution in [1.82, 2.24) is 10.0 Å². The average Bonchev–Trinajstić information content (AvgIpc) is 2.88. The minimum absolute atomic E-state index is 0.0720. The van der Waals surface area contributed by atoms with Crippen LogP contribution in [0.3, 0.4) is 0 Å². The molecule has 1 aromatic carbocycles. The van der Waals surface area contributed by atoms with Gasteiger partial charge >= 0.3 is 0 Å². The Bertz CT molecular complexity index is 620. The summed E-state index contributed by atoms with van der Waals surface area (Å²) in [5.74, 6) is -0.355. The van der Waals surface area contributed by atoms with Gasteiger partial charge in [-0.3, -0.25) is 9.80 Å². The van der Waals surface area contributed by atoms with Crippen LogP contribution in [-0.4, -0.2) is 29.0 Å². The Balaban J connectivity index is 1.98. The smallest absolute Gasteiger partial charge is 0.244 e. The van der Waals surface area contributed by atoms with Crippen LogP contribution in [0.4, 0.5) is 4.39 Å². The third-order valence-electron chi connectivity index (χ3n) is 4.06. The topological polar surface area (TPSA) is 47.3 Å². The van der Waals surface area contributed by atoms with Crippen LogP contribution < -0.4 is 0 Å². The largest absolute Gasteiger partial charge is 0.273 e. The first kappa shape index (κ1) is 13.1. The van der Waals surface area contributed by atoms with Gasteiger partial charge in [-0.2, -0.15) is 5.26 Å². The van der Waals surface area contributed by atoms with Crippen molar-refractivity contribution in [2.24, 2.45) is 5.41 Å². The van der Waals surface area contributed by atoms with Gasteiger partial charge in [0.2, 0.25) is 5.91 Å². The second-order valence-corrected chi connectivity index (χ2v) is 6.11. The number of nitrogens with zero attached hydrogens (tertiary/aromatic N) is 3. The highest BCUT2D eigenvalue weighted by Crippen LogP contribution is 2.42. The maximum Gasteiger partial charge on any atom is 0.244 e. The van der Waals surface area contributed by atoms with Crippen LogP contribution in [0.15, 0.2) is 18.2 Å². The molecule has 1 amide bonds. The Kier molecular flexibility index (Phi) is 2.80. The fourth-order valence-electron chi connectivity index (χ4n) is 3.13. The molecule has 3 rings (SSSR count). The number of amides is 1. The molecule has 0 bridgehead atoms. The van der Waals surface area contributed by atoms with E-state index in [-0.39, 0.29) is 11.9 Å². The molecule has 0 spiro atoms. The summed E-state index contributed by atoms with van der Waals surface area (Å²) in [4.78, 5) is 12.5. The molecule has 0 unspecified atom stereocenters. The summed E-state index contributed by atoms with van der Waals surface area (Å²) in [5, 5.41) is 12.7. The number of halogens is 1. The second-order valence-electron chi connectivity index (χ2n) is 6.11. The molecule has 0 N–H and O–H groups in total. The van der Waals surface area contributed by atoms with Crippen LogP contribution in [0.5, 0.6) is 0 Å². The number of carbonyl (C=O) groups excluding carboxylic acids is 1. The molecule has 2 saturated heterocycles. The monoisotopic (exact) mass is 273 g/mol. The summed E-state index contributed by atoms with van der Waals surface area (Å²) in [6.45, 7) is 5.34. The van der Waals surface area contributed by atoms with Gasteiger partial charge in [0.15, 0.2) is 0 Å². The molecular weight excluding hydrogens is 257 g/mol. The normalized spacial score (nSPS) is 24.8. The third-order valence-corrected chi connectivity index (χ3v) is 4.06. The van der Waals surface area contributed by atoms with Gasteiger partial charge in [0.05, 0.1) is 23.1 Å². The molecular formula is C15H16FN3O. The van der Waals surface area contributed by atoms with Crippen LogP contribution >= 0.6 is 0 Å². The van der Waals surface area contributed by atoms with Crippen molar-refractivity contribution in [2.75, 3.05) is 13.1 Å². The predicted octanol–water partition coefficient (Wildman–Crippen LogP) is 2.23. The quantitative estimate of drug-likeness (QED) is 0.788. The zero-order valence-electron chi connectivity index (χ0n) is 11.6. The minimum atomic E-state index is -0.427. The van der Waals surface area contributed by atoms with E-state index in [1.54, 1.807) is 11.1 Å². The van der Waals surface area contributed by atoms with Crippen molar-refractivity contribution >= 4 is 5.91 Å². The van der Waals surface area contributed by atoms with E-state index in [9.17, 15) is 9.18 Å². The number of hydrogen-bond donors (Lipinski definition) is 0. The minimum Gasteiger partial charge on any atom is -0.273 e. The predicted molar refractivity (Wildman–Crippen MR) is 70.7 cm³/mol. The van der Waals surface area contributed by atoms with Crippen molar-refractivity contribution in [2.45, 2.75) is 26.3 Å². The van der Waals surface area contributed by atoms with Gasteiger partial charge in [-0.1, -0.05) is 0 Å². The van der Waals surface area contributed by atoms with E-state index in [1.807, 2.05) is 24.9 Å². The number of hydrazine groups is 1. The van der Waals surface area contributed by atoms with Crippen LogP contribution in [0.1, 0.15) is 37.4 Å². The Hall–Kier alpha value is -1.93. The molecule has 20 heavy (non-hydrogen) atoms. The summed E-state index contributed by atoms with van der Waals surface area (Å²) < 4.78 is 13.6. The van der Waals surface area contributed by atoms with Gasteiger partial charge in [0, 0.05) is 13.1 Å². The van der Waals surface area contributed by atoms with Crippen molar-refractivity contribution in [3.8, 4) is 6.07 Å². The van der Waals surface area contributed by atoms with Gasteiger partial charge in [-0.25, -0.2) is 9.40 Å². The molecule has 2 heterocycles. The standard InChI is InChI=1S/C15H16FN3O/c1-15(2)9-18-4-3-13(19(18)14(15)20)11-5-10(8-17)6-12(16)7-11/h5-7,13H,3-4,9H2,1-2H3/t13-/m0/s1. The van der Waals surface area contributed by atoms with E-state index in [4.69, 9.17) is 5.26 Å². The molecule has 0 saturated carbocycles. The Morgan fingerprint density at radius 3 is 2.85 bits per heavy atom. The Labute approximate surface area is 117 Å². The zero-order chi connectivity index (χ0) is 14.5. The van der Waals surface area contributed by atoms with Gasteiger partial charge in [-0.05, 0) is 44.0 Å². The number of hydrogen-bond acceptors (Lipinski definition) is 3. The summed E-state index contributed by atoms with van der Waals surface area (Å²) in [5.41, 5.74) is 0.601. The molecule has 2 aliphatic rings. The molecule has 0 aromatic heterocycles. The first-order valence-corrected chi connectivity index (χ1v) is 6.71. The van der Waals surface area contributed by atoms with Crippen molar-refractivity contribution in [1.29, 1.82) is 5.26 Å². The molecule has 0 aliphatic carbocycles. The van der Waals surface area contributed by atoms with Crippen molar-refractivity contribution in [3.63, 3.8) is 0 Å². The zero-order valence-corrected chi connectivity index (χ0v) is 11.6. The van der Waals surface area contributed by atoms with Crippen LogP contribution in [-0.2, 0) is 4.79 Å². The summed E-state index contributed by atoms with van der Waals surface area (Å²) in [6, 6.07) is 6.12. The van der Waals surface area contributed by atoms with Gasteiger partial charge in [0.1, 0.15) is 5.82 Å². The van der Waals surface area contributed by atoms with Gasteiger partial charge in [0.25, 0.3) is 0 Å². The molecule has 5 heteroatoms. The van der Waals surface area contributed by atoms with Crippen LogP contribution in [0, 0.1) is 22.6 Å². The fourth-order valence-corrected chi connectivity index (χ4v) is 3.13. The van der Waals surface area contributed by atoms with E-state index in [1.165, 1.54) is 12.1 Å². The van der Waals surface area contributed by atoms with E-state index < -0.39 is 11.2 Å². The average molecular weight is 273 g/mol. The highest BCUT2D eigenvalue weighted by atomic mass is 19.1. The molecule has 2 aliphatic heterocycles. The molecule has 4 nitrogen and oxygen atoms in total. The van der Waals surface area contributed by atoms with E-state index in [0.29, 0.717) is 17.7 Å². The highest BCUT2D eigenvalue weighted by molar-refractivity contribution is 5.84. The van der Waals surface area contributed by atoms with E-state index >= 15 is 0 Å². The summed E-state index contributed by atoms with van der Waals surface area (Å²) in [7, 11) is 0. The van der Waals surface area contributed by atoms with Crippen LogP contribution in [0.25, 0.3) is 0 Å². The number of carbonyl (C=O) groups is 1. The second kappa shape index (κ2) is 4.29. The number of fused-ring (bicyclic) bond motifs is 1. The molecule has 1 aromatic rings. The lowest BCUT2D eigenvalue weighted by molar-refractivity contribution is -0.142. The van der Waals surface area contributed by atoms with Crippen molar-refractivity contribution < 1.29 is 9.18 Å². The van der Waals surface area contributed by atoms with Crippen LogP contribution in [0.2, 0.25) is 0 Å². The van der Waals surface area contributed by atoms with Gasteiger partial charge in [-0.15, -0.1) is 0 Å². The number of rotatable bonds is 1. The van der Waals surface area contributed by atoms with E-state index in [0.717, 1.165) is 13.0 Å². The first-order valence-electron chi connectivity index (χ1n) is 6.71. The Morgan fingerprint density at radius 2 is 2.15 bits per heavy atom. The lowest BCUT2D eigenvalue weighted by Gasteiger charge is -2.26. The molecule has 104 valence electrons. The third kappa shape index (κ3) is 1.88. The number of nitriles is 1. The first-order chi connectivity index (χ1) is 9.42. The summed E-state index contributed by atoms with van der Waals surface area (Å²) >= 11 is 0. The maximum atomic E-state index is 13.6. The fraction of sp³-hybridized carbons (Fsp3) is 0.467. The highest BCUT2D eigenvalue weighted by Gasteiger charge is 2.50. The lowest BCUT2D eigenvalue weighted by Crippen LogP contribution is -2.35. The number of benzene rings is 1. The molecule has 2 fully saturated rings. The SMILES string of the molecule is CC1(C)CN2CC[C@@H](c3cc(F)cc(C#N)c3)N2C1=O. The molecule has 1 atom stereocenters. The Morgan fingerprint density at radius 1 is 1.40 bits per heavy atom. The maximum absolute atomic E-state index is 13.6.